The first-order chi connectivity index (χ1) is 9.63. The Kier molecular flexibility index (Phi) is 3.49. The number of nitrogens with two attached hydrogens (primary N) is 1. The highest BCUT2D eigenvalue weighted by molar-refractivity contribution is 5.92. The van der Waals surface area contributed by atoms with Crippen LogP contribution in [0.3, 0.4) is 0 Å². The van der Waals surface area contributed by atoms with E-state index in [4.69, 9.17) is 5.73 Å². The molecule has 1 saturated heterocycles. The topological polar surface area (TPSA) is 54.2 Å². The van der Waals surface area contributed by atoms with Gasteiger partial charge >= 0.3 is 0 Å². The van der Waals surface area contributed by atoms with Crippen LogP contribution in [-0.4, -0.2) is 35.6 Å². The van der Waals surface area contributed by atoms with Gasteiger partial charge in [0.05, 0.1) is 5.52 Å². The monoisotopic (exact) mass is 270 g/mol. The third-order valence-electron chi connectivity index (χ3n) is 4.33. The maximum Gasteiger partial charge on any atom is 0.0743 e. The Hall–Kier alpha value is -1.81. The van der Waals surface area contributed by atoms with E-state index in [1.165, 1.54) is 12.8 Å². The second kappa shape index (κ2) is 5.29. The molecule has 0 bridgehead atoms. The van der Waals surface area contributed by atoms with Crippen LogP contribution < -0.4 is 11.1 Å². The molecular weight excluding hydrogens is 248 g/mol. The third kappa shape index (κ3) is 2.56. The van der Waals surface area contributed by atoms with Crippen molar-refractivity contribution in [1.82, 2.24) is 9.88 Å². The predicted octanol–water partition coefficient (Wildman–Crippen LogP) is 2.71. The smallest absolute Gasteiger partial charge is 0.0743 e. The van der Waals surface area contributed by atoms with Gasteiger partial charge < -0.3 is 16.0 Å². The maximum atomic E-state index is 5.83. The fourth-order valence-electron chi connectivity index (χ4n) is 2.93. The zero-order valence-electron chi connectivity index (χ0n) is 12.1. The molecule has 0 saturated carbocycles. The van der Waals surface area contributed by atoms with Crippen LogP contribution in [0.25, 0.3) is 10.9 Å². The SMILES string of the molecule is CC1CC(Nc2ccnc3cc(N)ccc23)CCN1C. The Bertz CT molecular complexity index is 610. The summed E-state index contributed by atoms with van der Waals surface area (Å²) in [6.07, 6.45) is 4.21. The molecule has 4 heteroatoms. The van der Waals surface area contributed by atoms with Crippen molar-refractivity contribution in [3.05, 3.63) is 30.5 Å². The summed E-state index contributed by atoms with van der Waals surface area (Å²) in [7, 11) is 2.20. The number of piperidine rings is 1. The van der Waals surface area contributed by atoms with Crippen LogP contribution in [0, 0.1) is 0 Å². The van der Waals surface area contributed by atoms with Crippen molar-refractivity contribution in [2.45, 2.75) is 31.8 Å². The summed E-state index contributed by atoms with van der Waals surface area (Å²) in [6.45, 7) is 3.44. The van der Waals surface area contributed by atoms with E-state index in [2.05, 4.69) is 41.3 Å². The van der Waals surface area contributed by atoms with Gasteiger partial charge in [-0.25, -0.2) is 0 Å². The molecule has 1 aliphatic heterocycles. The van der Waals surface area contributed by atoms with E-state index in [0.717, 1.165) is 28.8 Å². The zero-order chi connectivity index (χ0) is 14.1. The van der Waals surface area contributed by atoms with E-state index >= 15 is 0 Å². The number of rotatable bonds is 2. The lowest BCUT2D eigenvalue weighted by molar-refractivity contribution is 0.190. The highest BCUT2D eigenvalue weighted by Crippen LogP contribution is 2.26. The fraction of sp³-hybridized carbons (Fsp3) is 0.438. The number of nitrogens with zero attached hydrogens (tertiary/aromatic N) is 2. The number of hydrogen-bond donors (Lipinski definition) is 2. The van der Waals surface area contributed by atoms with Gasteiger partial charge in [-0.15, -0.1) is 0 Å². The van der Waals surface area contributed by atoms with Crippen LogP contribution >= 0.6 is 0 Å². The molecular formula is C16H22N4. The lowest BCUT2D eigenvalue weighted by Crippen LogP contribution is -2.42. The van der Waals surface area contributed by atoms with E-state index < -0.39 is 0 Å². The molecule has 3 rings (SSSR count). The average molecular weight is 270 g/mol. The van der Waals surface area contributed by atoms with Gasteiger partial charge in [0.25, 0.3) is 0 Å². The van der Waals surface area contributed by atoms with Crippen LogP contribution in [0.15, 0.2) is 30.5 Å². The molecule has 1 aromatic heterocycles. The first-order valence-electron chi connectivity index (χ1n) is 7.24. The van der Waals surface area contributed by atoms with Crippen molar-refractivity contribution in [2.75, 3.05) is 24.6 Å². The Morgan fingerprint density at radius 3 is 3.00 bits per heavy atom. The molecule has 3 N–H and O–H groups in total. The molecule has 1 aliphatic rings. The lowest BCUT2D eigenvalue weighted by atomic mass is 9.98. The molecule has 2 heterocycles. The number of hydrogen-bond acceptors (Lipinski definition) is 4. The van der Waals surface area contributed by atoms with Crippen molar-refractivity contribution in [2.24, 2.45) is 0 Å². The number of fused-ring (bicyclic) bond motifs is 1. The van der Waals surface area contributed by atoms with Gasteiger partial charge in [-0.3, -0.25) is 4.98 Å². The molecule has 2 atom stereocenters. The quantitative estimate of drug-likeness (QED) is 0.824. The first-order valence-corrected chi connectivity index (χ1v) is 7.24. The van der Waals surface area contributed by atoms with Crippen molar-refractivity contribution in [1.29, 1.82) is 0 Å². The number of pyridine rings is 1. The summed E-state index contributed by atoms with van der Waals surface area (Å²) >= 11 is 0. The predicted molar refractivity (Wildman–Crippen MR) is 84.9 cm³/mol. The molecule has 0 aliphatic carbocycles. The minimum Gasteiger partial charge on any atom is -0.399 e. The maximum absolute atomic E-state index is 5.83. The summed E-state index contributed by atoms with van der Waals surface area (Å²) in [5.41, 5.74) is 8.70. The highest BCUT2D eigenvalue weighted by atomic mass is 15.1. The summed E-state index contributed by atoms with van der Waals surface area (Å²) in [4.78, 5) is 6.81. The average Bonchev–Trinajstić information content (AvgIpc) is 2.43. The Balaban J connectivity index is 1.84. The second-order valence-corrected chi connectivity index (χ2v) is 5.83. The molecule has 1 aromatic carbocycles. The molecule has 0 radical (unpaired) electrons. The van der Waals surface area contributed by atoms with Crippen molar-refractivity contribution in [3.8, 4) is 0 Å². The first kappa shape index (κ1) is 13.2. The van der Waals surface area contributed by atoms with Gasteiger partial charge in [-0.05, 0) is 51.1 Å². The van der Waals surface area contributed by atoms with Crippen LogP contribution in [0.1, 0.15) is 19.8 Å². The summed E-state index contributed by atoms with van der Waals surface area (Å²) in [5.74, 6) is 0. The van der Waals surface area contributed by atoms with Gasteiger partial charge in [0.15, 0.2) is 0 Å². The van der Waals surface area contributed by atoms with E-state index in [1.54, 1.807) is 0 Å². The number of nitrogens with one attached hydrogen (secondary N) is 1. The summed E-state index contributed by atoms with van der Waals surface area (Å²) < 4.78 is 0. The Morgan fingerprint density at radius 1 is 1.35 bits per heavy atom. The molecule has 4 nitrogen and oxygen atoms in total. The summed E-state index contributed by atoms with van der Waals surface area (Å²) in [5, 5.41) is 4.83. The highest BCUT2D eigenvalue weighted by Gasteiger charge is 2.22. The van der Waals surface area contributed by atoms with Gasteiger partial charge in [0, 0.05) is 41.6 Å². The normalized spacial score (nSPS) is 23.9. The van der Waals surface area contributed by atoms with Gasteiger partial charge in [0.2, 0.25) is 0 Å². The van der Waals surface area contributed by atoms with Crippen LogP contribution in [0.2, 0.25) is 0 Å². The Morgan fingerprint density at radius 2 is 2.20 bits per heavy atom. The number of aromatic nitrogens is 1. The van der Waals surface area contributed by atoms with Crippen LogP contribution in [0.4, 0.5) is 11.4 Å². The minimum absolute atomic E-state index is 0.532. The van der Waals surface area contributed by atoms with Crippen molar-refractivity contribution in [3.63, 3.8) is 0 Å². The summed E-state index contributed by atoms with van der Waals surface area (Å²) in [6, 6.07) is 9.14. The molecule has 2 unspecified atom stereocenters. The lowest BCUT2D eigenvalue weighted by Gasteiger charge is -2.36. The molecule has 1 fully saturated rings. The minimum atomic E-state index is 0.532. The number of benzene rings is 1. The van der Waals surface area contributed by atoms with Crippen molar-refractivity contribution >= 4 is 22.3 Å². The van der Waals surface area contributed by atoms with E-state index in [0.29, 0.717) is 12.1 Å². The second-order valence-electron chi connectivity index (χ2n) is 5.83. The standard InChI is InChI=1S/C16H22N4/c1-11-9-13(6-8-20(11)2)19-15-5-7-18-16-10-12(17)3-4-14(15)16/h3-5,7,10-11,13H,6,8-9,17H2,1-2H3,(H,18,19). The largest absolute Gasteiger partial charge is 0.399 e. The van der Waals surface area contributed by atoms with Crippen LogP contribution in [-0.2, 0) is 0 Å². The number of likely N-dealkylation sites (tertiary alicyclic amines) is 1. The fourth-order valence-corrected chi connectivity index (χ4v) is 2.93. The molecule has 106 valence electrons. The van der Waals surface area contributed by atoms with E-state index in [-0.39, 0.29) is 0 Å². The number of nitrogen functional groups attached to an aromatic ring is 1. The van der Waals surface area contributed by atoms with E-state index in [1.807, 2.05) is 18.3 Å². The van der Waals surface area contributed by atoms with E-state index in [9.17, 15) is 0 Å². The molecule has 0 amide bonds. The molecule has 0 spiro atoms. The zero-order valence-corrected chi connectivity index (χ0v) is 12.1. The van der Waals surface area contributed by atoms with Gasteiger partial charge in [0.1, 0.15) is 0 Å². The van der Waals surface area contributed by atoms with Crippen molar-refractivity contribution < 1.29 is 0 Å². The third-order valence-corrected chi connectivity index (χ3v) is 4.33. The Labute approximate surface area is 120 Å². The molecule has 2 aromatic rings. The molecule has 20 heavy (non-hydrogen) atoms. The number of anilines is 2. The van der Waals surface area contributed by atoms with Crippen LogP contribution in [0.5, 0.6) is 0 Å². The van der Waals surface area contributed by atoms with Gasteiger partial charge in [-0.1, -0.05) is 0 Å². The van der Waals surface area contributed by atoms with Gasteiger partial charge in [-0.2, -0.15) is 0 Å².